The zero-order valence-corrected chi connectivity index (χ0v) is 14.5. The van der Waals surface area contributed by atoms with E-state index in [1.54, 1.807) is 48.5 Å². The molecule has 2 rings (SSSR count). The Balaban J connectivity index is 2.17. The summed E-state index contributed by atoms with van der Waals surface area (Å²) in [7, 11) is 0. The molecule has 2 unspecified atom stereocenters. The lowest BCUT2D eigenvalue weighted by Gasteiger charge is -2.14. The van der Waals surface area contributed by atoms with Gasteiger partial charge in [0.2, 0.25) is 5.12 Å². The van der Waals surface area contributed by atoms with Gasteiger partial charge in [-0.2, -0.15) is 0 Å². The molecule has 0 aliphatic rings. The Morgan fingerprint density at radius 2 is 1.64 bits per heavy atom. The Kier molecular flexibility index (Phi) is 6.50. The maximum absolute atomic E-state index is 12.7. The molecule has 0 amide bonds. The standard InChI is InChI=1S/C19H19NO4S/c1-12(18(22)23)25-19(24)16(20)11-14-9-5-6-10-15(14)17(21)13-7-3-2-4-8-13/h2-10,12,16H,11,20H2,1H3,(H,22,23). The highest BCUT2D eigenvalue weighted by Gasteiger charge is 2.23. The number of thioether (sulfide) groups is 1. The van der Waals surface area contributed by atoms with Gasteiger partial charge in [-0.05, 0) is 18.9 Å². The number of hydrogen-bond donors (Lipinski definition) is 2. The van der Waals surface area contributed by atoms with Crippen LogP contribution in [0.5, 0.6) is 0 Å². The van der Waals surface area contributed by atoms with E-state index in [1.807, 2.05) is 6.07 Å². The molecule has 2 atom stereocenters. The number of ketones is 1. The number of carboxylic acids is 1. The van der Waals surface area contributed by atoms with Crippen molar-refractivity contribution in [3.8, 4) is 0 Å². The number of hydrogen-bond acceptors (Lipinski definition) is 5. The summed E-state index contributed by atoms with van der Waals surface area (Å²) in [4.78, 5) is 35.6. The van der Waals surface area contributed by atoms with Crippen LogP contribution in [-0.4, -0.2) is 33.3 Å². The smallest absolute Gasteiger partial charge is 0.316 e. The maximum Gasteiger partial charge on any atom is 0.316 e. The summed E-state index contributed by atoms with van der Waals surface area (Å²) in [5.74, 6) is -1.20. The number of carboxylic acid groups (broad SMARTS) is 1. The predicted octanol–water partition coefficient (Wildman–Crippen LogP) is 2.52. The first-order chi connectivity index (χ1) is 11.9. The number of rotatable bonds is 7. The molecule has 0 saturated carbocycles. The molecule has 0 bridgehead atoms. The van der Waals surface area contributed by atoms with Crippen LogP contribution in [0.1, 0.15) is 28.4 Å². The minimum atomic E-state index is -1.06. The molecule has 3 N–H and O–H groups in total. The largest absolute Gasteiger partial charge is 0.480 e. The van der Waals surface area contributed by atoms with Gasteiger partial charge in [0.25, 0.3) is 0 Å². The van der Waals surface area contributed by atoms with E-state index >= 15 is 0 Å². The topological polar surface area (TPSA) is 97.5 Å². The Morgan fingerprint density at radius 3 is 2.28 bits per heavy atom. The van der Waals surface area contributed by atoms with Crippen molar-refractivity contribution in [3.05, 3.63) is 71.3 Å². The third-order valence-electron chi connectivity index (χ3n) is 3.68. The molecule has 2 aromatic rings. The fourth-order valence-electron chi connectivity index (χ4n) is 2.30. The summed E-state index contributed by atoms with van der Waals surface area (Å²) < 4.78 is 0. The van der Waals surface area contributed by atoms with Crippen molar-refractivity contribution in [3.63, 3.8) is 0 Å². The molecule has 0 aliphatic carbocycles. The second kappa shape index (κ2) is 8.60. The van der Waals surface area contributed by atoms with Crippen LogP contribution < -0.4 is 5.73 Å². The van der Waals surface area contributed by atoms with Gasteiger partial charge >= 0.3 is 5.97 Å². The SMILES string of the molecule is CC(SC(=O)C(N)Cc1ccccc1C(=O)c1ccccc1)C(=O)O. The molecule has 0 aliphatic heterocycles. The fourth-order valence-corrected chi connectivity index (χ4v) is 3.00. The van der Waals surface area contributed by atoms with Crippen molar-refractivity contribution in [1.29, 1.82) is 0 Å². The lowest BCUT2D eigenvalue weighted by Crippen LogP contribution is -2.33. The maximum atomic E-state index is 12.7. The summed E-state index contributed by atoms with van der Waals surface area (Å²) in [5, 5.41) is 7.62. The summed E-state index contributed by atoms with van der Waals surface area (Å²) in [6.45, 7) is 1.44. The van der Waals surface area contributed by atoms with Crippen LogP contribution in [0.3, 0.4) is 0 Å². The third kappa shape index (κ3) is 5.01. The number of benzene rings is 2. The molecule has 0 radical (unpaired) electrons. The molecule has 5 nitrogen and oxygen atoms in total. The van der Waals surface area contributed by atoms with E-state index in [0.717, 1.165) is 0 Å². The summed E-state index contributed by atoms with van der Waals surface area (Å²) in [6.07, 6.45) is 0.174. The molecule has 0 fully saturated rings. The van der Waals surface area contributed by atoms with Crippen molar-refractivity contribution >= 4 is 28.6 Å². The van der Waals surface area contributed by atoms with Crippen molar-refractivity contribution in [2.45, 2.75) is 24.6 Å². The molecule has 0 aromatic heterocycles. The van der Waals surface area contributed by atoms with Gasteiger partial charge in [-0.3, -0.25) is 14.4 Å². The van der Waals surface area contributed by atoms with E-state index in [0.29, 0.717) is 28.5 Å². The Bertz CT molecular complexity index is 776. The number of carbonyl (C=O) groups excluding carboxylic acids is 2. The molecule has 0 heterocycles. The lowest BCUT2D eigenvalue weighted by molar-refractivity contribution is -0.136. The van der Waals surface area contributed by atoms with Gasteiger partial charge in [0.05, 0.1) is 6.04 Å². The monoisotopic (exact) mass is 357 g/mol. The molecule has 25 heavy (non-hydrogen) atoms. The summed E-state index contributed by atoms with van der Waals surface area (Å²) in [5.41, 5.74) is 7.65. The van der Waals surface area contributed by atoms with E-state index in [-0.39, 0.29) is 12.2 Å². The average Bonchev–Trinajstić information content (AvgIpc) is 2.62. The van der Waals surface area contributed by atoms with Crippen molar-refractivity contribution in [1.82, 2.24) is 0 Å². The molecule has 6 heteroatoms. The third-order valence-corrected chi connectivity index (χ3v) is 4.77. The Labute approximate surface area is 150 Å². The van der Waals surface area contributed by atoms with Crippen LogP contribution in [0.2, 0.25) is 0 Å². The van der Waals surface area contributed by atoms with Gasteiger partial charge in [0, 0.05) is 11.1 Å². The van der Waals surface area contributed by atoms with Crippen LogP contribution in [-0.2, 0) is 16.0 Å². The Hall–Kier alpha value is -2.44. The van der Waals surface area contributed by atoms with Gasteiger partial charge in [0.1, 0.15) is 5.25 Å². The molecule has 2 aromatic carbocycles. The summed E-state index contributed by atoms with van der Waals surface area (Å²) in [6, 6.07) is 15.0. The minimum Gasteiger partial charge on any atom is -0.480 e. The number of nitrogens with two attached hydrogens (primary N) is 1. The summed E-state index contributed by atoms with van der Waals surface area (Å²) >= 11 is 0.697. The zero-order chi connectivity index (χ0) is 18.4. The molecular weight excluding hydrogens is 338 g/mol. The first-order valence-electron chi connectivity index (χ1n) is 7.76. The van der Waals surface area contributed by atoms with E-state index < -0.39 is 22.4 Å². The number of aliphatic carboxylic acids is 1. The molecule has 0 spiro atoms. The molecule has 130 valence electrons. The predicted molar refractivity (Wildman–Crippen MR) is 97.7 cm³/mol. The van der Waals surface area contributed by atoms with Gasteiger partial charge < -0.3 is 10.8 Å². The van der Waals surface area contributed by atoms with Crippen molar-refractivity contribution < 1.29 is 19.5 Å². The second-order valence-corrected chi connectivity index (χ2v) is 6.93. The van der Waals surface area contributed by atoms with Crippen molar-refractivity contribution in [2.75, 3.05) is 0 Å². The fraction of sp³-hybridized carbons (Fsp3) is 0.211. The Morgan fingerprint density at radius 1 is 1.04 bits per heavy atom. The van der Waals surface area contributed by atoms with Gasteiger partial charge in [-0.15, -0.1) is 0 Å². The normalized spacial score (nSPS) is 13.0. The highest BCUT2D eigenvalue weighted by atomic mass is 32.2. The first kappa shape index (κ1) is 18.9. The van der Waals surface area contributed by atoms with Gasteiger partial charge in [-0.1, -0.05) is 66.4 Å². The molecular formula is C19H19NO4S. The van der Waals surface area contributed by atoms with Crippen LogP contribution >= 0.6 is 11.8 Å². The van der Waals surface area contributed by atoms with Crippen LogP contribution in [0.25, 0.3) is 0 Å². The van der Waals surface area contributed by atoms with Crippen LogP contribution in [0.4, 0.5) is 0 Å². The van der Waals surface area contributed by atoms with Gasteiger partial charge in [-0.25, -0.2) is 0 Å². The van der Waals surface area contributed by atoms with Crippen LogP contribution in [0, 0.1) is 0 Å². The molecule has 0 saturated heterocycles. The van der Waals surface area contributed by atoms with E-state index in [1.165, 1.54) is 6.92 Å². The van der Waals surface area contributed by atoms with E-state index in [4.69, 9.17) is 10.8 Å². The van der Waals surface area contributed by atoms with E-state index in [9.17, 15) is 14.4 Å². The quantitative estimate of drug-likeness (QED) is 0.739. The van der Waals surface area contributed by atoms with Crippen molar-refractivity contribution in [2.24, 2.45) is 5.73 Å². The highest BCUT2D eigenvalue weighted by molar-refractivity contribution is 8.14. The average molecular weight is 357 g/mol. The van der Waals surface area contributed by atoms with E-state index in [2.05, 4.69) is 0 Å². The van der Waals surface area contributed by atoms with Gasteiger partial charge in [0.15, 0.2) is 5.78 Å². The highest BCUT2D eigenvalue weighted by Crippen LogP contribution is 2.19. The lowest BCUT2D eigenvalue weighted by atomic mass is 9.95. The minimum absolute atomic E-state index is 0.137. The second-order valence-electron chi connectivity index (χ2n) is 5.58. The first-order valence-corrected chi connectivity index (χ1v) is 8.64. The zero-order valence-electron chi connectivity index (χ0n) is 13.7. The van der Waals surface area contributed by atoms with Crippen LogP contribution in [0.15, 0.2) is 54.6 Å². The number of carbonyl (C=O) groups is 3.